The van der Waals surface area contributed by atoms with E-state index in [1.54, 1.807) is 5.01 Å². The highest BCUT2D eigenvalue weighted by molar-refractivity contribution is 5.35. The molecule has 0 saturated carbocycles. The Bertz CT molecular complexity index is 344. The Kier molecular flexibility index (Phi) is 3.77. The first-order chi connectivity index (χ1) is 7.81. The highest BCUT2D eigenvalue weighted by Gasteiger charge is 2.22. The monoisotopic (exact) mass is 222 g/mol. The highest BCUT2D eigenvalue weighted by atomic mass is 16.5. The second-order valence-electron chi connectivity index (χ2n) is 3.83. The van der Waals surface area contributed by atoms with Crippen LogP contribution in [-0.2, 0) is 4.74 Å². The van der Waals surface area contributed by atoms with E-state index in [-0.39, 0.29) is 6.10 Å². The Hall–Kier alpha value is -1.10. The van der Waals surface area contributed by atoms with E-state index in [9.17, 15) is 0 Å². The van der Waals surface area contributed by atoms with Crippen molar-refractivity contribution in [2.45, 2.75) is 13.0 Å². The van der Waals surface area contributed by atoms with Gasteiger partial charge in [0.25, 0.3) is 0 Å². The molecular weight excluding hydrogens is 204 g/mol. The molecule has 2 rings (SSSR count). The van der Waals surface area contributed by atoms with Gasteiger partial charge in [-0.2, -0.15) is 0 Å². The summed E-state index contributed by atoms with van der Waals surface area (Å²) in [5.74, 6) is 6.69. The van der Waals surface area contributed by atoms with Crippen LogP contribution in [0, 0.1) is 0 Å². The Morgan fingerprint density at radius 1 is 1.50 bits per heavy atom. The molecule has 2 N–H and O–H groups in total. The SMILES string of the molecule is CCOc1ccccc1C1CN(N)CCO1. The molecule has 16 heavy (non-hydrogen) atoms. The van der Waals surface area contributed by atoms with Crippen molar-refractivity contribution in [3.8, 4) is 5.75 Å². The molecule has 1 unspecified atom stereocenters. The maximum atomic E-state index is 5.80. The fraction of sp³-hybridized carbons (Fsp3) is 0.500. The summed E-state index contributed by atoms with van der Waals surface area (Å²) in [6, 6.07) is 7.97. The average Bonchev–Trinajstić information content (AvgIpc) is 2.30. The first kappa shape index (κ1) is 11.4. The maximum Gasteiger partial charge on any atom is 0.125 e. The van der Waals surface area contributed by atoms with Crippen LogP contribution < -0.4 is 10.6 Å². The third-order valence-electron chi connectivity index (χ3n) is 2.66. The number of nitrogens with two attached hydrogens (primary N) is 1. The van der Waals surface area contributed by atoms with E-state index in [1.165, 1.54) is 0 Å². The number of hydrazine groups is 1. The number of benzene rings is 1. The molecule has 1 aliphatic heterocycles. The zero-order valence-corrected chi connectivity index (χ0v) is 9.56. The Morgan fingerprint density at radius 2 is 2.31 bits per heavy atom. The minimum Gasteiger partial charge on any atom is -0.493 e. The van der Waals surface area contributed by atoms with Gasteiger partial charge in [-0.05, 0) is 13.0 Å². The van der Waals surface area contributed by atoms with Gasteiger partial charge >= 0.3 is 0 Å². The number of nitrogens with zero attached hydrogens (tertiary/aromatic N) is 1. The van der Waals surface area contributed by atoms with Gasteiger partial charge in [-0.3, -0.25) is 5.84 Å². The lowest BCUT2D eigenvalue weighted by Gasteiger charge is -2.30. The summed E-state index contributed by atoms with van der Waals surface area (Å²) in [7, 11) is 0. The summed E-state index contributed by atoms with van der Waals surface area (Å²) in [5.41, 5.74) is 1.08. The van der Waals surface area contributed by atoms with E-state index in [2.05, 4.69) is 0 Å². The van der Waals surface area contributed by atoms with Crippen LogP contribution in [-0.4, -0.2) is 31.3 Å². The fourth-order valence-electron chi connectivity index (χ4n) is 1.89. The number of ether oxygens (including phenoxy) is 2. The van der Waals surface area contributed by atoms with Crippen molar-refractivity contribution in [2.75, 3.05) is 26.3 Å². The fourth-order valence-corrected chi connectivity index (χ4v) is 1.89. The first-order valence-corrected chi connectivity index (χ1v) is 5.64. The van der Waals surface area contributed by atoms with Crippen molar-refractivity contribution in [1.29, 1.82) is 0 Å². The van der Waals surface area contributed by atoms with E-state index < -0.39 is 0 Å². The minimum atomic E-state index is 0.0153. The van der Waals surface area contributed by atoms with Crippen molar-refractivity contribution in [3.05, 3.63) is 29.8 Å². The molecule has 1 heterocycles. The van der Waals surface area contributed by atoms with Gasteiger partial charge in [0.15, 0.2) is 0 Å². The standard InChI is InChI=1S/C12H18N2O2/c1-2-15-11-6-4-3-5-10(11)12-9-14(13)7-8-16-12/h3-6,12H,2,7-9,13H2,1H3. The molecule has 0 bridgehead atoms. The van der Waals surface area contributed by atoms with E-state index >= 15 is 0 Å². The van der Waals surface area contributed by atoms with E-state index in [1.807, 2.05) is 31.2 Å². The van der Waals surface area contributed by atoms with Gasteiger partial charge in [0.2, 0.25) is 0 Å². The normalized spacial score (nSPS) is 22.0. The lowest BCUT2D eigenvalue weighted by molar-refractivity contribution is -0.0315. The largest absolute Gasteiger partial charge is 0.493 e. The smallest absolute Gasteiger partial charge is 0.125 e. The van der Waals surface area contributed by atoms with Gasteiger partial charge in [0, 0.05) is 18.7 Å². The van der Waals surface area contributed by atoms with Crippen molar-refractivity contribution in [3.63, 3.8) is 0 Å². The second kappa shape index (κ2) is 5.30. The van der Waals surface area contributed by atoms with Crippen LogP contribution in [0.1, 0.15) is 18.6 Å². The van der Waals surface area contributed by atoms with Crippen LogP contribution in [0.4, 0.5) is 0 Å². The quantitative estimate of drug-likeness (QED) is 0.784. The van der Waals surface area contributed by atoms with Crippen LogP contribution >= 0.6 is 0 Å². The highest BCUT2D eigenvalue weighted by Crippen LogP contribution is 2.29. The van der Waals surface area contributed by atoms with Crippen LogP contribution in [0.15, 0.2) is 24.3 Å². The molecule has 1 aliphatic rings. The molecule has 0 amide bonds. The van der Waals surface area contributed by atoms with Crippen LogP contribution in [0.2, 0.25) is 0 Å². The topological polar surface area (TPSA) is 47.7 Å². The van der Waals surface area contributed by atoms with Crippen molar-refractivity contribution < 1.29 is 9.47 Å². The molecule has 1 saturated heterocycles. The number of hydrogen-bond acceptors (Lipinski definition) is 4. The van der Waals surface area contributed by atoms with Crippen molar-refractivity contribution in [2.24, 2.45) is 5.84 Å². The predicted octanol–water partition coefficient (Wildman–Crippen LogP) is 1.33. The van der Waals surface area contributed by atoms with Crippen molar-refractivity contribution >= 4 is 0 Å². The molecule has 4 nitrogen and oxygen atoms in total. The summed E-state index contributed by atoms with van der Waals surface area (Å²) >= 11 is 0. The van der Waals surface area contributed by atoms with Crippen LogP contribution in [0.3, 0.4) is 0 Å². The maximum absolute atomic E-state index is 5.80. The average molecular weight is 222 g/mol. The number of para-hydroxylation sites is 1. The van der Waals surface area contributed by atoms with E-state index in [0.29, 0.717) is 19.8 Å². The molecule has 1 atom stereocenters. The van der Waals surface area contributed by atoms with Crippen molar-refractivity contribution in [1.82, 2.24) is 5.01 Å². The van der Waals surface area contributed by atoms with Crippen LogP contribution in [0.5, 0.6) is 5.75 Å². The van der Waals surface area contributed by atoms with Gasteiger partial charge in [-0.25, -0.2) is 5.01 Å². The number of morpholine rings is 1. The van der Waals surface area contributed by atoms with Gasteiger partial charge in [-0.15, -0.1) is 0 Å². The van der Waals surface area contributed by atoms with Crippen LogP contribution in [0.25, 0.3) is 0 Å². The molecular formula is C12H18N2O2. The molecule has 0 aliphatic carbocycles. The molecule has 0 aromatic heterocycles. The predicted molar refractivity (Wildman–Crippen MR) is 62.1 cm³/mol. The summed E-state index contributed by atoms with van der Waals surface area (Å²) in [6.45, 7) is 4.81. The zero-order chi connectivity index (χ0) is 11.4. The Morgan fingerprint density at radius 3 is 3.06 bits per heavy atom. The first-order valence-electron chi connectivity index (χ1n) is 5.64. The molecule has 1 fully saturated rings. The molecule has 1 aromatic rings. The summed E-state index contributed by atoms with van der Waals surface area (Å²) in [6.07, 6.45) is 0.0153. The van der Waals surface area contributed by atoms with Gasteiger partial charge in [0.1, 0.15) is 11.9 Å². The molecule has 1 aromatic carbocycles. The summed E-state index contributed by atoms with van der Waals surface area (Å²) < 4.78 is 11.3. The molecule has 4 heteroatoms. The lowest BCUT2D eigenvalue weighted by atomic mass is 10.1. The minimum absolute atomic E-state index is 0.0153. The lowest BCUT2D eigenvalue weighted by Crippen LogP contribution is -2.42. The number of hydrogen-bond donors (Lipinski definition) is 1. The Balaban J connectivity index is 2.17. The van der Waals surface area contributed by atoms with Gasteiger partial charge < -0.3 is 9.47 Å². The van der Waals surface area contributed by atoms with Gasteiger partial charge in [-0.1, -0.05) is 18.2 Å². The number of rotatable bonds is 3. The zero-order valence-electron chi connectivity index (χ0n) is 9.56. The second-order valence-corrected chi connectivity index (χ2v) is 3.83. The molecule has 0 radical (unpaired) electrons. The third-order valence-corrected chi connectivity index (χ3v) is 2.66. The van der Waals surface area contributed by atoms with E-state index in [0.717, 1.165) is 17.9 Å². The molecule has 0 spiro atoms. The summed E-state index contributed by atoms with van der Waals surface area (Å²) in [5, 5.41) is 1.79. The molecule has 88 valence electrons. The van der Waals surface area contributed by atoms with E-state index in [4.69, 9.17) is 15.3 Å². The third kappa shape index (κ3) is 2.52. The van der Waals surface area contributed by atoms with Gasteiger partial charge in [0.05, 0.1) is 13.2 Å². The Labute approximate surface area is 95.9 Å². The summed E-state index contributed by atoms with van der Waals surface area (Å²) in [4.78, 5) is 0.